The number of methoxy groups -OCH3 is 2. The zero-order chi connectivity index (χ0) is 20.0. The molecule has 0 heterocycles. The van der Waals surface area contributed by atoms with Gasteiger partial charge in [-0.05, 0) is 36.8 Å². The minimum atomic E-state index is -4.02. The number of rotatable bonds is 9. The van der Waals surface area contributed by atoms with Gasteiger partial charge in [-0.15, -0.1) is 0 Å². The van der Waals surface area contributed by atoms with E-state index < -0.39 is 16.0 Å². The Hall–Kier alpha value is -2.94. The van der Waals surface area contributed by atoms with Crippen molar-refractivity contribution in [3.63, 3.8) is 0 Å². The Balaban J connectivity index is 2.44. The summed E-state index contributed by atoms with van der Waals surface area (Å²) in [4.78, 5) is 11.2. The normalized spacial score (nSPS) is 10.9. The van der Waals surface area contributed by atoms with Gasteiger partial charge in [-0.1, -0.05) is 6.92 Å². The van der Waals surface area contributed by atoms with E-state index in [4.69, 9.17) is 19.3 Å². The smallest absolute Gasteiger partial charge is 0.335 e. The molecule has 146 valence electrons. The summed E-state index contributed by atoms with van der Waals surface area (Å²) in [6.07, 6.45) is 0.711. The molecule has 2 N–H and O–H groups in total. The first-order chi connectivity index (χ1) is 12.8. The average Bonchev–Trinajstić information content (AvgIpc) is 2.65. The zero-order valence-electron chi connectivity index (χ0n) is 15.2. The number of benzene rings is 2. The van der Waals surface area contributed by atoms with E-state index >= 15 is 0 Å². The molecule has 0 unspecified atom stereocenters. The minimum Gasteiger partial charge on any atom is -0.493 e. The predicted molar refractivity (Wildman–Crippen MR) is 99.5 cm³/mol. The van der Waals surface area contributed by atoms with E-state index in [1.165, 1.54) is 50.6 Å². The Morgan fingerprint density at radius 1 is 1.04 bits per heavy atom. The highest BCUT2D eigenvalue weighted by Crippen LogP contribution is 2.32. The van der Waals surface area contributed by atoms with E-state index in [0.29, 0.717) is 18.8 Å². The first-order valence-corrected chi connectivity index (χ1v) is 9.55. The van der Waals surface area contributed by atoms with Gasteiger partial charge in [-0.2, -0.15) is 0 Å². The Morgan fingerprint density at radius 2 is 1.70 bits per heavy atom. The lowest BCUT2D eigenvalue weighted by Gasteiger charge is -2.15. The summed E-state index contributed by atoms with van der Waals surface area (Å²) in [6.45, 7) is 2.26. The molecule has 0 aliphatic rings. The second kappa shape index (κ2) is 8.63. The number of ether oxygens (including phenoxy) is 3. The monoisotopic (exact) mass is 395 g/mol. The van der Waals surface area contributed by atoms with Crippen LogP contribution in [0.1, 0.15) is 23.7 Å². The number of carboxylic acids is 1. The molecule has 9 heteroatoms. The lowest BCUT2D eigenvalue weighted by atomic mass is 10.2. The van der Waals surface area contributed by atoms with Gasteiger partial charge < -0.3 is 19.3 Å². The first-order valence-electron chi connectivity index (χ1n) is 8.07. The Morgan fingerprint density at radius 3 is 2.30 bits per heavy atom. The van der Waals surface area contributed by atoms with Crippen LogP contribution in [-0.4, -0.2) is 40.3 Å². The second-order valence-electron chi connectivity index (χ2n) is 5.49. The van der Waals surface area contributed by atoms with Gasteiger partial charge in [0.15, 0.2) is 11.5 Å². The fourth-order valence-electron chi connectivity index (χ4n) is 2.27. The number of carboxylic acid groups (broad SMARTS) is 1. The number of aromatic carboxylic acids is 1. The molecule has 0 amide bonds. The van der Waals surface area contributed by atoms with Crippen LogP contribution in [0.3, 0.4) is 0 Å². The number of carbonyl (C=O) groups is 1. The van der Waals surface area contributed by atoms with E-state index in [-0.39, 0.29) is 27.6 Å². The standard InChI is InChI=1S/C18H21NO7S/c1-4-9-26-15-7-5-12(18(20)21)10-14(15)19-27(22,23)13-6-8-16(24-2)17(11-13)25-3/h5-8,10-11,19H,4,9H2,1-3H3,(H,20,21). The van der Waals surface area contributed by atoms with E-state index in [1.54, 1.807) is 0 Å². The van der Waals surface area contributed by atoms with Crippen LogP contribution >= 0.6 is 0 Å². The third kappa shape index (κ3) is 4.82. The maximum atomic E-state index is 12.8. The quantitative estimate of drug-likeness (QED) is 0.671. The third-order valence-electron chi connectivity index (χ3n) is 3.60. The highest BCUT2D eigenvalue weighted by molar-refractivity contribution is 7.92. The van der Waals surface area contributed by atoms with Gasteiger partial charge in [0.05, 0.1) is 37.0 Å². The molecule has 0 spiro atoms. The summed E-state index contributed by atoms with van der Waals surface area (Å²) in [6, 6.07) is 8.13. The average molecular weight is 395 g/mol. The molecule has 0 aromatic heterocycles. The Kier molecular flexibility index (Phi) is 6.51. The highest BCUT2D eigenvalue weighted by atomic mass is 32.2. The SMILES string of the molecule is CCCOc1ccc(C(=O)O)cc1NS(=O)(=O)c1ccc(OC)c(OC)c1. The molecule has 0 aliphatic carbocycles. The molecule has 0 saturated carbocycles. The van der Waals surface area contributed by atoms with Crippen LogP contribution in [0.15, 0.2) is 41.3 Å². The van der Waals surface area contributed by atoms with E-state index in [0.717, 1.165) is 0 Å². The summed E-state index contributed by atoms with van der Waals surface area (Å²) in [7, 11) is -1.18. The summed E-state index contributed by atoms with van der Waals surface area (Å²) in [5.41, 5.74) is -0.0259. The van der Waals surface area contributed by atoms with Crippen molar-refractivity contribution in [3.8, 4) is 17.2 Å². The number of hydrogen-bond donors (Lipinski definition) is 2. The number of sulfonamides is 1. The van der Waals surface area contributed by atoms with Crippen LogP contribution in [0.5, 0.6) is 17.2 Å². The van der Waals surface area contributed by atoms with Crippen molar-refractivity contribution in [1.82, 2.24) is 0 Å². The van der Waals surface area contributed by atoms with Crippen molar-refractivity contribution in [3.05, 3.63) is 42.0 Å². The predicted octanol–water partition coefficient (Wildman–Crippen LogP) is 2.99. The molecule has 0 aliphatic heterocycles. The number of anilines is 1. The molecule has 2 rings (SSSR count). The van der Waals surface area contributed by atoms with Crippen LogP contribution in [-0.2, 0) is 10.0 Å². The molecule has 2 aromatic carbocycles. The molecule has 0 bridgehead atoms. The summed E-state index contributed by atoms with van der Waals surface area (Å²) in [5.74, 6) is -0.298. The molecular formula is C18H21NO7S. The van der Waals surface area contributed by atoms with Crippen LogP contribution in [0.25, 0.3) is 0 Å². The molecule has 27 heavy (non-hydrogen) atoms. The second-order valence-corrected chi connectivity index (χ2v) is 7.17. The van der Waals surface area contributed by atoms with Crippen LogP contribution in [0.4, 0.5) is 5.69 Å². The third-order valence-corrected chi connectivity index (χ3v) is 4.96. The van der Waals surface area contributed by atoms with Crippen molar-refractivity contribution in [2.75, 3.05) is 25.5 Å². The van der Waals surface area contributed by atoms with E-state index in [2.05, 4.69) is 4.72 Å². The number of nitrogens with one attached hydrogen (secondary N) is 1. The van der Waals surface area contributed by atoms with E-state index in [9.17, 15) is 13.2 Å². The van der Waals surface area contributed by atoms with Crippen molar-refractivity contribution in [1.29, 1.82) is 0 Å². The molecule has 0 saturated heterocycles. The summed E-state index contributed by atoms with van der Waals surface area (Å²) >= 11 is 0. The van der Waals surface area contributed by atoms with E-state index in [1.807, 2.05) is 6.92 Å². The molecule has 8 nitrogen and oxygen atoms in total. The Labute approximate surface area is 157 Å². The van der Waals surface area contributed by atoms with Crippen LogP contribution in [0.2, 0.25) is 0 Å². The maximum absolute atomic E-state index is 12.8. The fourth-order valence-corrected chi connectivity index (χ4v) is 3.34. The van der Waals surface area contributed by atoms with Crippen molar-refractivity contribution in [2.24, 2.45) is 0 Å². The largest absolute Gasteiger partial charge is 0.493 e. The van der Waals surface area contributed by atoms with Gasteiger partial charge in [0.2, 0.25) is 0 Å². The fraction of sp³-hybridized carbons (Fsp3) is 0.278. The zero-order valence-corrected chi connectivity index (χ0v) is 16.0. The highest BCUT2D eigenvalue weighted by Gasteiger charge is 2.20. The maximum Gasteiger partial charge on any atom is 0.335 e. The van der Waals surface area contributed by atoms with Gasteiger partial charge >= 0.3 is 5.97 Å². The molecule has 0 atom stereocenters. The Bertz CT molecular complexity index is 925. The lowest BCUT2D eigenvalue weighted by molar-refractivity contribution is 0.0697. The van der Waals surface area contributed by atoms with Gasteiger partial charge in [-0.25, -0.2) is 13.2 Å². The van der Waals surface area contributed by atoms with Crippen molar-refractivity contribution < 1.29 is 32.5 Å². The minimum absolute atomic E-state index is 0.0399. The van der Waals surface area contributed by atoms with Crippen molar-refractivity contribution >= 4 is 21.7 Å². The summed E-state index contributed by atoms with van der Waals surface area (Å²) in [5, 5.41) is 9.17. The molecule has 0 radical (unpaired) electrons. The summed E-state index contributed by atoms with van der Waals surface area (Å²) < 4.78 is 43.7. The topological polar surface area (TPSA) is 111 Å². The number of hydrogen-bond acceptors (Lipinski definition) is 6. The van der Waals surface area contributed by atoms with Gasteiger partial charge in [-0.3, -0.25) is 4.72 Å². The lowest BCUT2D eigenvalue weighted by Crippen LogP contribution is -2.15. The molecule has 0 fully saturated rings. The first kappa shape index (κ1) is 20.4. The van der Waals surface area contributed by atoms with Gasteiger partial charge in [0.1, 0.15) is 5.75 Å². The van der Waals surface area contributed by atoms with Gasteiger partial charge in [0.25, 0.3) is 10.0 Å². The van der Waals surface area contributed by atoms with Crippen LogP contribution < -0.4 is 18.9 Å². The molecular weight excluding hydrogens is 374 g/mol. The molecule has 2 aromatic rings. The van der Waals surface area contributed by atoms with Crippen LogP contribution in [0, 0.1) is 0 Å². The van der Waals surface area contributed by atoms with Gasteiger partial charge in [0, 0.05) is 6.07 Å². The van der Waals surface area contributed by atoms with Crippen molar-refractivity contribution in [2.45, 2.75) is 18.2 Å².